The first kappa shape index (κ1) is 21.4. The molecule has 0 saturated heterocycles. The Hall–Kier alpha value is -4.89. The van der Waals surface area contributed by atoms with Crippen molar-refractivity contribution in [1.29, 1.82) is 0 Å². The molecule has 0 bridgehead atoms. The average molecular weight is 481 g/mol. The third kappa shape index (κ3) is 3.73. The summed E-state index contributed by atoms with van der Waals surface area (Å²) >= 11 is 0. The van der Waals surface area contributed by atoms with Gasteiger partial charge in [0.25, 0.3) is 0 Å². The molecule has 3 heteroatoms. The second-order valence-electron chi connectivity index (χ2n) is 9.09. The van der Waals surface area contributed by atoms with Gasteiger partial charge in [0.05, 0.1) is 5.39 Å². The summed E-state index contributed by atoms with van der Waals surface area (Å²) in [7, 11) is 0. The van der Waals surface area contributed by atoms with Gasteiger partial charge in [-0.25, -0.2) is 4.39 Å². The van der Waals surface area contributed by atoms with E-state index in [-0.39, 0.29) is 5.82 Å². The molecule has 2 nitrogen and oxygen atoms in total. The van der Waals surface area contributed by atoms with Gasteiger partial charge in [-0.15, -0.1) is 0 Å². The maximum atomic E-state index is 15.5. The van der Waals surface area contributed by atoms with Crippen molar-refractivity contribution in [3.05, 3.63) is 133 Å². The van der Waals surface area contributed by atoms with E-state index in [0.29, 0.717) is 33.8 Å². The molecule has 0 aliphatic rings. The van der Waals surface area contributed by atoms with Gasteiger partial charge in [0, 0.05) is 16.2 Å². The van der Waals surface area contributed by atoms with Gasteiger partial charge in [-0.3, -0.25) is 0 Å². The van der Waals surface area contributed by atoms with Crippen LogP contribution in [-0.2, 0) is 0 Å². The quantitative estimate of drug-likeness (QED) is 0.233. The highest BCUT2D eigenvalue weighted by Gasteiger charge is 2.20. The van der Waals surface area contributed by atoms with Crippen LogP contribution < -0.4 is 9.47 Å². The lowest BCUT2D eigenvalue weighted by atomic mass is 10.00. The van der Waals surface area contributed by atoms with Crippen molar-refractivity contribution in [2.45, 2.75) is 0 Å². The Labute approximate surface area is 213 Å². The summed E-state index contributed by atoms with van der Waals surface area (Å²) < 4.78 is 28.5. The summed E-state index contributed by atoms with van der Waals surface area (Å²) in [6, 6.07) is 41.0. The number of hydrogen-bond acceptors (Lipinski definition) is 2. The maximum absolute atomic E-state index is 15.5. The summed E-state index contributed by atoms with van der Waals surface area (Å²) in [4.78, 5) is 0. The van der Waals surface area contributed by atoms with Gasteiger partial charge >= 0.3 is 0 Å². The molecule has 0 heterocycles. The SMILES string of the molecule is Fc1cccc2c(Oc3ccc4ccccc4c3)c3ccccc3c(Oc3ccc4ccccc4c3)c12. The molecule has 7 aromatic carbocycles. The molecule has 0 aliphatic heterocycles. The predicted molar refractivity (Wildman–Crippen MR) is 149 cm³/mol. The lowest BCUT2D eigenvalue weighted by molar-refractivity contribution is 0.484. The van der Waals surface area contributed by atoms with E-state index >= 15 is 4.39 Å². The summed E-state index contributed by atoms with van der Waals surface area (Å²) in [5, 5.41) is 7.08. The Balaban J connectivity index is 1.44. The zero-order valence-corrected chi connectivity index (χ0v) is 19.8. The molecule has 0 radical (unpaired) electrons. The third-order valence-corrected chi connectivity index (χ3v) is 6.78. The van der Waals surface area contributed by atoms with Crippen LogP contribution >= 0.6 is 0 Å². The first-order valence-corrected chi connectivity index (χ1v) is 12.2. The van der Waals surface area contributed by atoms with Gasteiger partial charge < -0.3 is 9.47 Å². The fourth-order valence-electron chi connectivity index (χ4n) is 5.02. The Morgan fingerprint density at radius 1 is 0.405 bits per heavy atom. The van der Waals surface area contributed by atoms with E-state index in [0.717, 1.165) is 32.3 Å². The van der Waals surface area contributed by atoms with Crippen molar-refractivity contribution in [2.75, 3.05) is 0 Å². The highest BCUT2D eigenvalue weighted by atomic mass is 19.1. The Morgan fingerprint density at radius 3 is 1.51 bits per heavy atom. The summed E-state index contributed by atoms with van der Waals surface area (Å²) in [5.41, 5.74) is 0. The van der Waals surface area contributed by atoms with Gasteiger partial charge in [-0.05, 0) is 51.9 Å². The Morgan fingerprint density at radius 2 is 0.892 bits per heavy atom. The van der Waals surface area contributed by atoms with Gasteiger partial charge in [0.15, 0.2) is 0 Å². The van der Waals surface area contributed by atoms with E-state index in [2.05, 4.69) is 18.2 Å². The summed E-state index contributed by atoms with van der Waals surface area (Å²) in [5.74, 6) is 2.06. The molecule has 0 N–H and O–H groups in total. The zero-order chi connectivity index (χ0) is 24.8. The van der Waals surface area contributed by atoms with E-state index in [9.17, 15) is 0 Å². The second-order valence-corrected chi connectivity index (χ2v) is 9.09. The molecule has 0 aromatic heterocycles. The molecule has 176 valence electrons. The van der Waals surface area contributed by atoms with Crippen LogP contribution in [0.5, 0.6) is 23.0 Å². The van der Waals surface area contributed by atoms with Gasteiger partial charge in [0.1, 0.15) is 28.8 Å². The van der Waals surface area contributed by atoms with E-state index in [4.69, 9.17) is 9.47 Å². The molecule has 0 aliphatic carbocycles. The van der Waals surface area contributed by atoms with Crippen LogP contribution in [0, 0.1) is 5.82 Å². The largest absolute Gasteiger partial charge is 0.456 e. The summed E-state index contributed by atoms with van der Waals surface area (Å²) in [6.45, 7) is 0. The first-order valence-electron chi connectivity index (χ1n) is 12.2. The molecular formula is C34H21FO2. The van der Waals surface area contributed by atoms with Crippen LogP contribution in [0.2, 0.25) is 0 Å². The van der Waals surface area contributed by atoms with Crippen LogP contribution in [0.25, 0.3) is 43.1 Å². The maximum Gasteiger partial charge on any atom is 0.146 e. The zero-order valence-electron chi connectivity index (χ0n) is 19.8. The lowest BCUT2D eigenvalue weighted by Crippen LogP contribution is -1.95. The van der Waals surface area contributed by atoms with E-state index in [1.165, 1.54) is 6.07 Å². The third-order valence-electron chi connectivity index (χ3n) is 6.78. The fourth-order valence-corrected chi connectivity index (χ4v) is 5.02. The van der Waals surface area contributed by atoms with Crippen molar-refractivity contribution in [3.8, 4) is 23.0 Å². The number of fused-ring (bicyclic) bond motifs is 4. The molecule has 7 rings (SSSR count). The van der Waals surface area contributed by atoms with Crippen LogP contribution in [0.15, 0.2) is 127 Å². The normalized spacial score (nSPS) is 11.4. The van der Waals surface area contributed by atoms with Crippen molar-refractivity contribution >= 4 is 43.1 Å². The van der Waals surface area contributed by atoms with Crippen LogP contribution in [-0.4, -0.2) is 0 Å². The van der Waals surface area contributed by atoms with E-state index in [1.807, 2.05) is 97.1 Å². The van der Waals surface area contributed by atoms with Gasteiger partial charge in [-0.1, -0.05) is 97.1 Å². The molecule has 0 saturated carbocycles. The number of hydrogen-bond donors (Lipinski definition) is 0. The predicted octanol–water partition coefficient (Wildman–Crippen LogP) is 10.0. The number of ether oxygens (including phenoxy) is 2. The average Bonchev–Trinajstić information content (AvgIpc) is 2.94. The number of rotatable bonds is 4. The first-order chi connectivity index (χ1) is 18.2. The van der Waals surface area contributed by atoms with E-state index in [1.54, 1.807) is 6.07 Å². The fraction of sp³-hybridized carbons (Fsp3) is 0. The molecule has 37 heavy (non-hydrogen) atoms. The second kappa shape index (κ2) is 8.65. The smallest absolute Gasteiger partial charge is 0.146 e. The highest BCUT2D eigenvalue weighted by Crippen LogP contribution is 2.46. The molecule has 0 fully saturated rings. The highest BCUT2D eigenvalue weighted by molar-refractivity contribution is 6.11. The van der Waals surface area contributed by atoms with Crippen LogP contribution in [0.1, 0.15) is 0 Å². The monoisotopic (exact) mass is 480 g/mol. The topological polar surface area (TPSA) is 18.5 Å². The molecule has 0 spiro atoms. The van der Waals surface area contributed by atoms with Crippen LogP contribution in [0.4, 0.5) is 4.39 Å². The van der Waals surface area contributed by atoms with E-state index < -0.39 is 0 Å². The standard InChI is InChI=1S/C34H21FO2/c35-31-15-7-14-30-32(31)34(37-27-19-17-23-9-2-4-11-25(23)21-27)29-13-6-5-12-28(29)33(30)36-26-18-16-22-8-1-3-10-24(22)20-26/h1-21H. The van der Waals surface area contributed by atoms with Crippen LogP contribution in [0.3, 0.4) is 0 Å². The van der Waals surface area contributed by atoms with Gasteiger partial charge in [0.2, 0.25) is 0 Å². The van der Waals surface area contributed by atoms with Crippen molar-refractivity contribution in [3.63, 3.8) is 0 Å². The van der Waals surface area contributed by atoms with Crippen molar-refractivity contribution < 1.29 is 13.9 Å². The molecule has 0 unspecified atom stereocenters. The molecule has 7 aromatic rings. The number of halogens is 1. The minimum absolute atomic E-state index is 0.359. The minimum Gasteiger partial charge on any atom is -0.456 e. The lowest BCUT2D eigenvalue weighted by Gasteiger charge is -2.18. The Bertz CT molecular complexity index is 1960. The van der Waals surface area contributed by atoms with Crippen molar-refractivity contribution in [1.82, 2.24) is 0 Å². The molecular weight excluding hydrogens is 459 g/mol. The van der Waals surface area contributed by atoms with Gasteiger partial charge in [-0.2, -0.15) is 0 Å². The molecule has 0 amide bonds. The Kier molecular flexibility index (Phi) is 5.00. The number of benzene rings is 7. The summed E-state index contributed by atoms with van der Waals surface area (Å²) in [6.07, 6.45) is 0. The minimum atomic E-state index is -0.359. The molecule has 0 atom stereocenters. The van der Waals surface area contributed by atoms with Crippen molar-refractivity contribution in [2.24, 2.45) is 0 Å².